The van der Waals surface area contributed by atoms with Gasteiger partial charge in [-0.05, 0) is 65.6 Å². The third kappa shape index (κ3) is 5.48. The number of amides is 2. The van der Waals surface area contributed by atoms with E-state index in [9.17, 15) is 9.59 Å². The average molecular weight is 428 g/mol. The molecule has 0 saturated heterocycles. The molecule has 2 amide bonds. The zero-order chi connectivity index (χ0) is 16.8. The molecule has 5 heteroatoms. The van der Waals surface area contributed by atoms with Crippen LogP contribution in [0.4, 0.5) is 5.69 Å². The van der Waals surface area contributed by atoms with Crippen LogP contribution in [0.25, 0.3) is 0 Å². The van der Waals surface area contributed by atoms with Crippen LogP contribution in [0.15, 0.2) is 24.3 Å². The standard InChI is InChI=1S/C18H25IN2O2/c1-12(2)16(21-17(22)13-6-4-3-5-7-13)18(23)20-15-10-8-14(19)9-11-15/h8-13,16H,3-7H2,1-2H3,(H,20,23)(H,21,22). The van der Waals surface area contributed by atoms with Crippen LogP contribution in [0, 0.1) is 15.4 Å². The maximum Gasteiger partial charge on any atom is 0.247 e. The smallest absolute Gasteiger partial charge is 0.247 e. The lowest BCUT2D eigenvalue weighted by molar-refractivity contribution is -0.130. The lowest BCUT2D eigenvalue weighted by Crippen LogP contribution is -2.49. The van der Waals surface area contributed by atoms with E-state index in [4.69, 9.17) is 0 Å². The first kappa shape index (κ1) is 18.2. The van der Waals surface area contributed by atoms with Gasteiger partial charge in [0.15, 0.2) is 0 Å². The highest BCUT2D eigenvalue weighted by molar-refractivity contribution is 14.1. The maximum absolute atomic E-state index is 12.5. The van der Waals surface area contributed by atoms with Crippen LogP contribution in [-0.2, 0) is 9.59 Å². The number of benzene rings is 1. The van der Waals surface area contributed by atoms with E-state index in [1.54, 1.807) is 0 Å². The van der Waals surface area contributed by atoms with Crippen molar-refractivity contribution in [2.45, 2.75) is 52.0 Å². The number of anilines is 1. The Balaban J connectivity index is 1.97. The van der Waals surface area contributed by atoms with Gasteiger partial charge in [0.05, 0.1) is 0 Å². The molecule has 126 valence electrons. The first-order chi connectivity index (χ1) is 11.0. The van der Waals surface area contributed by atoms with E-state index in [-0.39, 0.29) is 23.7 Å². The number of nitrogens with one attached hydrogen (secondary N) is 2. The van der Waals surface area contributed by atoms with E-state index < -0.39 is 6.04 Å². The Morgan fingerprint density at radius 3 is 2.26 bits per heavy atom. The van der Waals surface area contributed by atoms with Crippen molar-refractivity contribution in [3.63, 3.8) is 0 Å². The highest BCUT2D eigenvalue weighted by atomic mass is 127. The Hall–Kier alpha value is -1.11. The minimum atomic E-state index is -0.497. The van der Waals surface area contributed by atoms with Crippen LogP contribution in [0.1, 0.15) is 46.0 Å². The van der Waals surface area contributed by atoms with Crippen LogP contribution >= 0.6 is 22.6 Å². The Kier molecular flexibility index (Phi) is 6.87. The molecule has 1 aliphatic rings. The van der Waals surface area contributed by atoms with Crippen molar-refractivity contribution in [2.24, 2.45) is 11.8 Å². The van der Waals surface area contributed by atoms with E-state index in [2.05, 4.69) is 33.2 Å². The summed E-state index contributed by atoms with van der Waals surface area (Å²) in [4.78, 5) is 25.0. The summed E-state index contributed by atoms with van der Waals surface area (Å²) in [5.41, 5.74) is 0.757. The van der Waals surface area contributed by atoms with E-state index in [1.165, 1.54) is 6.42 Å². The van der Waals surface area contributed by atoms with Crippen molar-refractivity contribution in [1.29, 1.82) is 0 Å². The average Bonchev–Trinajstić information content (AvgIpc) is 2.55. The summed E-state index contributed by atoms with van der Waals surface area (Å²) in [5.74, 6) is -0.00554. The lowest BCUT2D eigenvalue weighted by Gasteiger charge is -2.26. The number of halogens is 1. The number of carbonyl (C=O) groups excluding carboxylic acids is 2. The predicted molar refractivity (Wildman–Crippen MR) is 101 cm³/mol. The summed E-state index contributed by atoms with van der Waals surface area (Å²) in [5, 5.41) is 5.87. The van der Waals surface area contributed by atoms with Crippen molar-refractivity contribution in [3.8, 4) is 0 Å². The Morgan fingerprint density at radius 2 is 1.70 bits per heavy atom. The van der Waals surface area contributed by atoms with Crippen molar-refractivity contribution < 1.29 is 9.59 Å². The molecule has 2 rings (SSSR count). The highest BCUT2D eigenvalue weighted by Crippen LogP contribution is 2.24. The maximum atomic E-state index is 12.5. The summed E-state index contributed by atoms with van der Waals surface area (Å²) < 4.78 is 1.12. The van der Waals surface area contributed by atoms with E-state index in [0.29, 0.717) is 0 Å². The Morgan fingerprint density at radius 1 is 1.09 bits per heavy atom. The van der Waals surface area contributed by atoms with E-state index in [1.807, 2.05) is 38.1 Å². The Bertz CT molecular complexity index is 536. The minimum absolute atomic E-state index is 0.0289. The zero-order valence-electron chi connectivity index (χ0n) is 13.8. The van der Waals surface area contributed by atoms with E-state index >= 15 is 0 Å². The molecule has 0 aliphatic heterocycles. The molecule has 1 saturated carbocycles. The van der Waals surface area contributed by atoms with Gasteiger partial charge in [-0.3, -0.25) is 9.59 Å². The fourth-order valence-corrected chi connectivity index (χ4v) is 3.28. The largest absolute Gasteiger partial charge is 0.344 e. The highest BCUT2D eigenvalue weighted by Gasteiger charge is 2.28. The van der Waals surface area contributed by atoms with Crippen molar-refractivity contribution in [2.75, 3.05) is 5.32 Å². The number of rotatable bonds is 5. The van der Waals surface area contributed by atoms with Gasteiger partial charge < -0.3 is 10.6 Å². The third-order valence-electron chi connectivity index (χ3n) is 4.33. The van der Waals surface area contributed by atoms with Crippen LogP contribution in [0.3, 0.4) is 0 Å². The van der Waals surface area contributed by atoms with Crippen LogP contribution in [0.5, 0.6) is 0 Å². The second-order valence-electron chi connectivity index (χ2n) is 6.56. The van der Waals surface area contributed by atoms with Crippen molar-refractivity contribution in [3.05, 3.63) is 27.8 Å². The molecule has 0 bridgehead atoms. The minimum Gasteiger partial charge on any atom is -0.344 e. The summed E-state index contributed by atoms with van der Waals surface area (Å²) >= 11 is 2.23. The second kappa shape index (κ2) is 8.66. The van der Waals surface area contributed by atoms with Crippen molar-refractivity contribution >= 4 is 40.1 Å². The topological polar surface area (TPSA) is 58.2 Å². The lowest BCUT2D eigenvalue weighted by atomic mass is 9.88. The van der Waals surface area contributed by atoms with Crippen LogP contribution in [-0.4, -0.2) is 17.9 Å². The normalized spacial score (nSPS) is 16.9. The van der Waals surface area contributed by atoms with Gasteiger partial charge in [-0.1, -0.05) is 33.1 Å². The summed E-state index contributed by atoms with van der Waals surface area (Å²) in [6.07, 6.45) is 5.31. The van der Waals surface area contributed by atoms with Gasteiger partial charge in [-0.2, -0.15) is 0 Å². The molecule has 1 unspecified atom stereocenters. The van der Waals surface area contributed by atoms with Gasteiger partial charge in [-0.25, -0.2) is 0 Å². The SMILES string of the molecule is CC(C)C(NC(=O)C1CCCCC1)C(=O)Nc1ccc(I)cc1. The second-order valence-corrected chi connectivity index (χ2v) is 7.81. The summed E-state index contributed by atoms with van der Waals surface area (Å²) in [6.45, 7) is 3.92. The van der Waals surface area contributed by atoms with Gasteiger partial charge in [0.25, 0.3) is 0 Å². The van der Waals surface area contributed by atoms with Gasteiger partial charge in [-0.15, -0.1) is 0 Å². The van der Waals surface area contributed by atoms with E-state index in [0.717, 1.165) is 34.9 Å². The van der Waals surface area contributed by atoms with Gasteiger partial charge in [0, 0.05) is 15.2 Å². The molecule has 2 N–H and O–H groups in total. The number of hydrogen-bond donors (Lipinski definition) is 2. The molecule has 0 radical (unpaired) electrons. The first-order valence-electron chi connectivity index (χ1n) is 8.34. The van der Waals surface area contributed by atoms with Crippen molar-refractivity contribution in [1.82, 2.24) is 5.32 Å². The fourth-order valence-electron chi connectivity index (χ4n) is 2.92. The molecule has 0 spiro atoms. The monoisotopic (exact) mass is 428 g/mol. The van der Waals surface area contributed by atoms with Gasteiger partial charge >= 0.3 is 0 Å². The number of carbonyl (C=O) groups is 2. The Labute approximate surface area is 151 Å². The molecule has 1 fully saturated rings. The molecule has 1 aromatic rings. The van der Waals surface area contributed by atoms with Crippen LogP contribution < -0.4 is 10.6 Å². The fraction of sp³-hybridized carbons (Fsp3) is 0.556. The molecule has 1 aliphatic carbocycles. The first-order valence-corrected chi connectivity index (χ1v) is 9.42. The molecule has 23 heavy (non-hydrogen) atoms. The summed E-state index contributed by atoms with van der Waals surface area (Å²) in [7, 11) is 0. The number of hydrogen-bond acceptors (Lipinski definition) is 2. The predicted octanol–water partition coefficient (Wildman–Crippen LogP) is 3.95. The summed E-state index contributed by atoms with van der Waals surface area (Å²) in [6, 6.07) is 7.14. The molecule has 0 aromatic heterocycles. The molecular weight excluding hydrogens is 403 g/mol. The van der Waals surface area contributed by atoms with Gasteiger partial charge in [0.2, 0.25) is 11.8 Å². The molecule has 1 atom stereocenters. The quantitative estimate of drug-likeness (QED) is 0.698. The molecule has 0 heterocycles. The third-order valence-corrected chi connectivity index (χ3v) is 5.05. The van der Waals surface area contributed by atoms with Crippen LogP contribution in [0.2, 0.25) is 0 Å². The zero-order valence-corrected chi connectivity index (χ0v) is 15.9. The molecule has 1 aromatic carbocycles. The molecule has 4 nitrogen and oxygen atoms in total. The van der Waals surface area contributed by atoms with Gasteiger partial charge in [0.1, 0.15) is 6.04 Å². The molecular formula is C18H25IN2O2.